The van der Waals surface area contributed by atoms with Crippen molar-refractivity contribution in [2.75, 3.05) is 26.0 Å². The van der Waals surface area contributed by atoms with Gasteiger partial charge in [0.1, 0.15) is 5.69 Å². The number of anilines is 1. The molecule has 1 heterocycles. The third kappa shape index (κ3) is 4.73. The van der Waals surface area contributed by atoms with Crippen LogP contribution in [0.25, 0.3) is 0 Å². The number of carbonyl (C=O) groups excluding carboxylic acids is 1. The van der Waals surface area contributed by atoms with Gasteiger partial charge in [0.15, 0.2) is 0 Å². The van der Waals surface area contributed by atoms with Crippen molar-refractivity contribution in [1.82, 2.24) is 9.88 Å². The molecule has 2 unspecified atom stereocenters. The van der Waals surface area contributed by atoms with Crippen LogP contribution < -0.4 is 5.32 Å². The van der Waals surface area contributed by atoms with Gasteiger partial charge in [-0.15, -0.1) is 0 Å². The Morgan fingerprint density at radius 3 is 2.95 bits per heavy atom. The van der Waals surface area contributed by atoms with Gasteiger partial charge in [-0.25, -0.2) is 0 Å². The van der Waals surface area contributed by atoms with E-state index in [9.17, 15) is 4.79 Å². The Bertz CT molecular complexity index is 473. The van der Waals surface area contributed by atoms with Gasteiger partial charge in [0.2, 0.25) is 0 Å². The molecular weight excluding hydrogens is 262 g/mol. The van der Waals surface area contributed by atoms with Gasteiger partial charge >= 0.3 is 0 Å². The lowest BCUT2D eigenvalue weighted by molar-refractivity contribution is 0.0822. The van der Waals surface area contributed by atoms with Gasteiger partial charge < -0.3 is 10.2 Å². The first kappa shape index (κ1) is 15.8. The minimum Gasteiger partial charge on any atom is -0.385 e. The van der Waals surface area contributed by atoms with Crippen molar-refractivity contribution in [1.29, 1.82) is 0 Å². The predicted molar refractivity (Wildman–Crippen MR) is 86.5 cm³/mol. The van der Waals surface area contributed by atoms with E-state index >= 15 is 0 Å². The number of pyridine rings is 1. The number of amides is 1. The average molecular weight is 289 g/mol. The van der Waals surface area contributed by atoms with Crippen LogP contribution in [-0.2, 0) is 0 Å². The van der Waals surface area contributed by atoms with E-state index < -0.39 is 0 Å². The van der Waals surface area contributed by atoms with Crippen LogP contribution in [0.3, 0.4) is 0 Å². The fourth-order valence-electron chi connectivity index (χ4n) is 3.13. The van der Waals surface area contributed by atoms with Crippen molar-refractivity contribution in [3.05, 3.63) is 24.0 Å². The maximum Gasteiger partial charge on any atom is 0.272 e. The molecule has 0 saturated heterocycles. The van der Waals surface area contributed by atoms with Crippen LogP contribution >= 0.6 is 0 Å². The number of nitrogens with one attached hydrogen (secondary N) is 1. The van der Waals surface area contributed by atoms with Gasteiger partial charge in [-0.2, -0.15) is 0 Å². The number of nitrogens with zero attached hydrogens (tertiary/aromatic N) is 2. The minimum absolute atomic E-state index is 0.0558. The molecule has 2 atom stereocenters. The van der Waals surface area contributed by atoms with Crippen LogP contribution in [0.15, 0.2) is 18.3 Å². The molecule has 1 fully saturated rings. The molecule has 2 rings (SSSR count). The van der Waals surface area contributed by atoms with E-state index in [2.05, 4.69) is 17.2 Å². The van der Waals surface area contributed by atoms with E-state index in [1.54, 1.807) is 25.2 Å². The second kappa shape index (κ2) is 7.43. The van der Waals surface area contributed by atoms with Gasteiger partial charge in [0.05, 0.1) is 0 Å². The first-order chi connectivity index (χ1) is 10.1. The second-order valence-electron chi connectivity index (χ2n) is 6.48. The summed E-state index contributed by atoms with van der Waals surface area (Å²) in [7, 11) is 3.49. The number of carbonyl (C=O) groups is 1. The summed E-state index contributed by atoms with van der Waals surface area (Å²) in [4.78, 5) is 17.6. The Kier molecular flexibility index (Phi) is 5.59. The summed E-state index contributed by atoms with van der Waals surface area (Å²) < 4.78 is 0. The molecule has 1 saturated carbocycles. The average Bonchev–Trinajstić information content (AvgIpc) is 2.47. The summed E-state index contributed by atoms with van der Waals surface area (Å²) in [5, 5.41) is 3.43. The standard InChI is InChI=1S/C17H27N3O/c1-13-5-4-6-14(11-13)7-9-18-15-8-10-19-16(12-15)17(21)20(2)3/h8,10,12-14H,4-7,9,11H2,1-3H3,(H,18,19). The van der Waals surface area contributed by atoms with Gasteiger partial charge in [-0.05, 0) is 36.8 Å². The molecule has 0 bridgehead atoms. The highest BCUT2D eigenvalue weighted by Crippen LogP contribution is 2.30. The molecule has 1 N–H and O–H groups in total. The normalized spacial score (nSPS) is 21.9. The molecule has 1 aromatic heterocycles. The number of aromatic nitrogens is 1. The Balaban J connectivity index is 1.83. The van der Waals surface area contributed by atoms with Crippen LogP contribution in [0, 0.1) is 11.8 Å². The monoisotopic (exact) mass is 289 g/mol. The Morgan fingerprint density at radius 2 is 2.24 bits per heavy atom. The molecule has 116 valence electrons. The van der Waals surface area contributed by atoms with Crippen LogP contribution in [0.4, 0.5) is 5.69 Å². The third-order valence-electron chi connectivity index (χ3n) is 4.31. The summed E-state index contributed by atoms with van der Waals surface area (Å²) >= 11 is 0. The molecule has 1 aliphatic rings. The van der Waals surface area contributed by atoms with Crippen LogP contribution in [0.2, 0.25) is 0 Å². The fourth-order valence-corrected chi connectivity index (χ4v) is 3.13. The molecule has 0 aliphatic heterocycles. The molecular formula is C17H27N3O. The Morgan fingerprint density at radius 1 is 1.43 bits per heavy atom. The van der Waals surface area contributed by atoms with E-state index in [4.69, 9.17) is 0 Å². The fraction of sp³-hybridized carbons (Fsp3) is 0.647. The van der Waals surface area contributed by atoms with Crippen LogP contribution in [0.5, 0.6) is 0 Å². The molecule has 0 spiro atoms. The van der Waals surface area contributed by atoms with Gasteiger partial charge in [0, 0.05) is 32.5 Å². The van der Waals surface area contributed by atoms with E-state index in [0.717, 1.165) is 24.1 Å². The Hall–Kier alpha value is -1.58. The van der Waals surface area contributed by atoms with Crippen molar-refractivity contribution < 1.29 is 4.79 Å². The highest BCUT2D eigenvalue weighted by molar-refractivity contribution is 5.92. The first-order valence-electron chi connectivity index (χ1n) is 7.98. The minimum atomic E-state index is -0.0558. The van der Waals surface area contributed by atoms with Crippen LogP contribution in [-0.4, -0.2) is 36.4 Å². The maximum atomic E-state index is 11.9. The van der Waals surface area contributed by atoms with Crippen molar-refractivity contribution in [2.45, 2.75) is 39.0 Å². The molecule has 4 nitrogen and oxygen atoms in total. The maximum absolute atomic E-state index is 11.9. The van der Waals surface area contributed by atoms with E-state index in [1.807, 2.05) is 12.1 Å². The largest absolute Gasteiger partial charge is 0.385 e. The summed E-state index contributed by atoms with van der Waals surface area (Å²) in [6.07, 6.45) is 8.41. The van der Waals surface area contributed by atoms with Crippen molar-refractivity contribution in [3.63, 3.8) is 0 Å². The zero-order chi connectivity index (χ0) is 15.2. The van der Waals surface area contributed by atoms with E-state index in [0.29, 0.717) is 5.69 Å². The number of hydrogen-bond donors (Lipinski definition) is 1. The molecule has 1 amide bonds. The molecule has 21 heavy (non-hydrogen) atoms. The van der Waals surface area contributed by atoms with Crippen molar-refractivity contribution >= 4 is 11.6 Å². The lowest BCUT2D eigenvalue weighted by Gasteiger charge is -2.26. The summed E-state index contributed by atoms with van der Waals surface area (Å²) in [6, 6.07) is 3.77. The summed E-state index contributed by atoms with van der Waals surface area (Å²) in [5.74, 6) is 1.68. The zero-order valence-corrected chi connectivity index (χ0v) is 13.4. The molecule has 1 aromatic rings. The van der Waals surface area contributed by atoms with E-state index in [1.165, 1.54) is 32.1 Å². The highest BCUT2D eigenvalue weighted by atomic mass is 16.2. The molecule has 0 aromatic carbocycles. The second-order valence-corrected chi connectivity index (χ2v) is 6.48. The van der Waals surface area contributed by atoms with Gasteiger partial charge in [0.25, 0.3) is 5.91 Å². The molecule has 4 heteroatoms. The SMILES string of the molecule is CC1CCCC(CCNc2ccnc(C(=O)N(C)C)c2)C1. The van der Waals surface area contributed by atoms with Crippen LogP contribution in [0.1, 0.15) is 49.5 Å². The number of rotatable bonds is 5. The zero-order valence-electron chi connectivity index (χ0n) is 13.4. The van der Waals surface area contributed by atoms with Crippen molar-refractivity contribution in [3.8, 4) is 0 Å². The third-order valence-corrected chi connectivity index (χ3v) is 4.31. The topological polar surface area (TPSA) is 45.2 Å². The smallest absolute Gasteiger partial charge is 0.272 e. The summed E-state index contributed by atoms with van der Waals surface area (Å²) in [6.45, 7) is 3.33. The highest BCUT2D eigenvalue weighted by Gasteiger charge is 2.18. The van der Waals surface area contributed by atoms with Crippen molar-refractivity contribution in [2.24, 2.45) is 11.8 Å². The number of hydrogen-bond acceptors (Lipinski definition) is 3. The van der Waals surface area contributed by atoms with Gasteiger partial charge in [-0.3, -0.25) is 9.78 Å². The lowest BCUT2D eigenvalue weighted by Crippen LogP contribution is -2.23. The quantitative estimate of drug-likeness (QED) is 0.903. The summed E-state index contributed by atoms with van der Waals surface area (Å²) in [5.41, 5.74) is 1.48. The first-order valence-corrected chi connectivity index (χ1v) is 7.98. The van der Waals surface area contributed by atoms with Gasteiger partial charge in [-0.1, -0.05) is 26.2 Å². The Labute approximate surface area is 127 Å². The molecule has 1 aliphatic carbocycles. The molecule has 0 radical (unpaired) electrons. The predicted octanol–water partition coefficient (Wildman–Crippen LogP) is 3.41. The lowest BCUT2D eigenvalue weighted by atomic mass is 9.81. The van der Waals surface area contributed by atoms with E-state index in [-0.39, 0.29) is 5.91 Å².